The Morgan fingerprint density at radius 1 is 1.43 bits per heavy atom. The predicted molar refractivity (Wildman–Crippen MR) is 81.2 cm³/mol. The summed E-state index contributed by atoms with van der Waals surface area (Å²) in [4.78, 5) is 31.3. The number of aryl methyl sites for hydroxylation is 1. The van der Waals surface area contributed by atoms with Crippen molar-refractivity contribution >= 4 is 17.7 Å². The SMILES string of the molecule is CCc1cc(=O)[nH]c(CS[C@@H]2CCCN(CC(F)(F)F)C2=O)n1. The first-order chi connectivity index (χ1) is 10.8. The second-order valence-electron chi connectivity index (χ2n) is 5.35. The maximum Gasteiger partial charge on any atom is 0.406 e. The average molecular weight is 349 g/mol. The standard InChI is InChI=1S/C14H18F3N3O2S/c1-2-9-6-12(21)19-11(18-9)7-23-10-4-3-5-20(13(10)22)8-14(15,16)17/h6,10H,2-5,7-8H2,1H3,(H,18,19,21)/t10-/m1/s1. The van der Waals surface area contributed by atoms with Crippen molar-refractivity contribution in [3.8, 4) is 0 Å². The van der Waals surface area contributed by atoms with Gasteiger partial charge in [0.2, 0.25) is 5.91 Å². The van der Waals surface area contributed by atoms with Crippen LogP contribution in [0.4, 0.5) is 13.2 Å². The van der Waals surface area contributed by atoms with Gasteiger partial charge in [-0.2, -0.15) is 13.2 Å². The molecule has 128 valence electrons. The molecule has 0 aliphatic carbocycles. The van der Waals surface area contributed by atoms with Gasteiger partial charge in [-0.25, -0.2) is 4.98 Å². The van der Waals surface area contributed by atoms with Crippen molar-refractivity contribution in [2.45, 2.75) is 43.4 Å². The highest BCUT2D eigenvalue weighted by Crippen LogP contribution is 2.28. The monoisotopic (exact) mass is 349 g/mol. The number of rotatable bonds is 5. The lowest BCUT2D eigenvalue weighted by Gasteiger charge is -2.32. The van der Waals surface area contributed by atoms with E-state index in [9.17, 15) is 22.8 Å². The topological polar surface area (TPSA) is 66.1 Å². The fourth-order valence-corrected chi connectivity index (χ4v) is 3.55. The van der Waals surface area contributed by atoms with Gasteiger partial charge in [0.15, 0.2) is 0 Å². The summed E-state index contributed by atoms with van der Waals surface area (Å²) in [6, 6.07) is 1.41. The van der Waals surface area contributed by atoms with Gasteiger partial charge in [-0.1, -0.05) is 6.92 Å². The van der Waals surface area contributed by atoms with Crippen LogP contribution in [-0.2, 0) is 17.0 Å². The molecule has 2 rings (SSSR count). The van der Waals surface area contributed by atoms with Gasteiger partial charge in [-0.15, -0.1) is 11.8 Å². The number of alkyl halides is 3. The van der Waals surface area contributed by atoms with E-state index >= 15 is 0 Å². The van der Waals surface area contributed by atoms with Crippen LogP contribution in [0.1, 0.15) is 31.3 Å². The van der Waals surface area contributed by atoms with E-state index in [0.29, 0.717) is 36.5 Å². The van der Waals surface area contributed by atoms with Crippen LogP contribution in [0.2, 0.25) is 0 Å². The summed E-state index contributed by atoms with van der Waals surface area (Å²) in [6.07, 6.45) is -2.69. The quantitative estimate of drug-likeness (QED) is 0.884. The van der Waals surface area contributed by atoms with E-state index in [0.717, 1.165) is 4.90 Å². The molecule has 1 amide bonds. The Morgan fingerprint density at radius 3 is 2.83 bits per heavy atom. The second kappa shape index (κ2) is 7.37. The van der Waals surface area contributed by atoms with E-state index in [1.165, 1.54) is 17.8 Å². The van der Waals surface area contributed by atoms with Crippen molar-refractivity contribution in [1.29, 1.82) is 0 Å². The molecule has 1 aliphatic heterocycles. The Kier molecular flexibility index (Phi) is 5.72. The van der Waals surface area contributed by atoms with Gasteiger partial charge in [0.25, 0.3) is 5.56 Å². The van der Waals surface area contributed by atoms with E-state index in [-0.39, 0.29) is 12.1 Å². The molecule has 0 radical (unpaired) electrons. The van der Waals surface area contributed by atoms with Crippen LogP contribution in [-0.4, -0.2) is 45.3 Å². The van der Waals surface area contributed by atoms with Crippen LogP contribution in [0, 0.1) is 0 Å². The third-order valence-corrected chi connectivity index (χ3v) is 4.76. The number of hydrogen-bond acceptors (Lipinski definition) is 4. The maximum absolute atomic E-state index is 12.5. The van der Waals surface area contributed by atoms with Crippen LogP contribution in [0.15, 0.2) is 10.9 Å². The smallest absolute Gasteiger partial charge is 0.333 e. The number of halogens is 3. The summed E-state index contributed by atoms with van der Waals surface area (Å²) < 4.78 is 37.4. The fourth-order valence-electron chi connectivity index (χ4n) is 2.43. The molecule has 1 aromatic rings. The number of aromatic nitrogens is 2. The minimum Gasteiger partial charge on any atom is -0.333 e. The molecular formula is C14H18F3N3O2S. The second-order valence-corrected chi connectivity index (χ2v) is 6.54. The summed E-state index contributed by atoms with van der Waals surface area (Å²) in [6.45, 7) is 0.803. The molecule has 1 aliphatic rings. The third-order valence-electron chi connectivity index (χ3n) is 3.48. The van der Waals surface area contributed by atoms with Crippen LogP contribution in [0.3, 0.4) is 0 Å². The summed E-state index contributed by atoms with van der Waals surface area (Å²) in [5.74, 6) is 0.243. The molecule has 1 fully saturated rings. The highest BCUT2D eigenvalue weighted by molar-refractivity contribution is 7.99. The molecule has 0 aromatic carbocycles. The number of thioether (sulfide) groups is 1. The number of H-pyrrole nitrogens is 1. The van der Waals surface area contributed by atoms with Gasteiger partial charge in [0.05, 0.1) is 11.0 Å². The average Bonchev–Trinajstić information content (AvgIpc) is 2.46. The van der Waals surface area contributed by atoms with Crippen molar-refractivity contribution in [3.05, 3.63) is 27.9 Å². The Labute approximate surface area is 135 Å². The van der Waals surface area contributed by atoms with E-state index in [4.69, 9.17) is 0 Å². The summed E-state index contributed by atoms with van der Waals surface area (Å²) in [7, 11) is 0. The summed E-state index contributed by atoms with van der Waals surface area (Å²) in [5.41, 5.74) is 0.388. The number of carbonyl (C=O) groups is 1. The first-order valence-corrected chi connectivity index (χ1v) is 8.39. The normalized spacial score (nSPS) is 19.2. The van der Waals surface area contributed by atoms with E-state index < -0.39 is 23.9 Å². The maximum atomic E-state index is 12.5. The highest BCUT2D eigenvalue weighted by atomic mass is 32.2. The number of carbonyl (C=O) groups excluding carboxylic acids is 1. The number of nitrogens with zero attached hydrogens (tertiary/aromatic N) is 2. The number of amides is 1. The molecule has 0 bridgehead atoms. The van der Waals surface area contributed by atoms with Gasteiger partial charge in [-0.05, 0) is 19.3 Å². The van der Waals surface area contributed by atoms with Crippen LogP contribution >= 0.6 is 11.8 Å². The molecular weight excluding hydrogens is 331 g/mol. The fraction of sp³-hybridized carbons (Fsp3) is 0.643. The van der Waals surface area contributed by atoms with Gasteiger partial charge in [-0.3, -0.25) is 9.59 Å². The number of hydrogen-bond donors (Lipinski definition) is 1. The van der Waals surface area contributed by atoms with Crippen LogP contribution in [0.5, 0.6) is 0 Å². The van der Waals surface area contributed by atoms with Gasteiger partial charge in [0.1, 0.15) is 12.4 Å². The van der Waals surface area contributed by atoms with Crippen molar-refractivity contribution in [2.24, 2.45) is 0 Å². The lowest BCUT2D eigenvalue weighted by atomic mass is 10.1. The Hall–Kier alpha value is -1.51. The van der Waals surface area contributed by atoms with Crippen LogP contribution < -0.4 is 5.56 Å². The number of piperidine rings is 1. The summed E-state index contributed by atoms with van der Waals surface area (Å²) >= 11 is 1.23. The Morgan fingerprint density at radius 2 is 2.17 bits per heavy atom. The van der Waals surface area contributed by atoms with Gasteiger partial charge >= 0.3 is 6.18 Å². The third kappa shape index (κ3) is 5.26. The van der Waals surface area contributed by atoms with Crippen molar-refractivity contribution in [3.63, 3.8) is 0 Å². The molecule has 1 aromatic heterocycles. The molecule has 1 saturated heterocycles. The first kappa shape index (κ1) is 17.8. The van der Waals surface area contributed by atoms with Gasteiger partial charge in [0, 0.05) is 18.3 Å². The summed E-state index contributed by atoms with van der Waals surface area (Å²) in [5, 5.41) is -0.526. The Bertz CT molecular complexity index is 618. The Balaban J connectivity index is 1.98. The molecule has 1 atom stereocenters. The predicted octanol–water partition coefficient (Wildman–Crippen LogP) is 2.12. The molecule has 23 heavy (non-hydrogen) atoms. The zero-order valence-corrected chi connectivity index (χ0v) is 13.5. The van der Waals surface area contributed by atoms with Crippen molar-refractivity contribution in [1.82, 2.24) is 14.9 Å². The van der Waals surface area contributed by atoms with Crippen molar-refractivity contribution < 1.29 is 18.0 Å². The largest absolute Gasteiger partial charge is 0.406 e. The number of likely N-dealkylation sites (tertiary alicyclic amines) is 1. The molecule has 1 N–H and O–H groups in total. The molecule has 0 unspecified atom stereocenters. The van der Waals surface area contributed by atoms with Crippen LogP contribution in [0.25, 0.3) is 0 Å². The number of nitrogens with one attached hydrogen (secondary N) is 1. The van der Waals surface area contributed by atoms with Gasteiger partial charge < -0.3 is 9.88 Å². The highest BCUT2D eigenvalue weighted by Gasteiger charge is 2.37. The first-order valence-electron chi connectivity index (χ1n) is 7.34. The molecule has 9 heteroatoms. The van der Waals surface area contributed by atoms with Crippen molar-refractivity contribution in [2.75, 3.05) is 13.1 Å². The molecule has 0 spiro atoms. The molecule has 2 heterocycles. The minimum atomic E-state index is -4.38. The zero-order valence-electron chi connectivity index (χ0n) is 12.7. The minimum absolute atomic E-state index is 0.135. The van der Waals surface area contributed by atoms with E-state index in [1.54, 1.807) is 0 Å². The number of aromatic amines is 1. The van der Waals surface area contributed by atoms with E-state index in [2.05, 4.69) is 9.97 Å². The molecule has 5 nitrogen and oxygen atoms in total. The zero-order chi connectivity index (χ0) is 17.0. The van der Waals surface area contributed by atoms with E-state index in [1.807, 2.05) is 6.92 Å². The lowest BCUT2D eigenvalue weighted by molar-refractivity contribution is -0.162. The lowest BCUT2D eigenvalue weighted by Crippen LogP contribution is -2.47. The molecule has 0 saturated carbocycles.